The van der Waals surface area contributed by atoms with Crippen molar-refractivity contribution in [1.29, 1.82) is 0 Å². The van der Waals surface area contributed by atoms with Gasteiger partial charge >= 0.3 is 5.97 Å². The van der Waals surface area contributed by atoms with E-state index >= 15 is 0 Å². The summed E-state index contributed by atoms with van der Waals surface area (Å²) in [5, 5.41) is 8.82. The largest absolute Gasteiger partial charge is 0.479 e. The predicted molar refractivity (Wildman–Crippen MR) is 69.9 cm³/mol. The van der Waals surface area contributed by atoms with Crippen LogP contribution in [-0.4, -0.2) is 40.6 Å². The van der Waals surface area contributed by atoms with Gasteiger partial charge in [0.15, 0.2) is 0 Å². The zero-order valence-electron chi connectivity index (χ0n) is 11.6. The molecule has 1 heterocycles. The van der Waals surface area contributed by atoms with Crippen molar-refractivity contribution in [2.45, 2.75) is 24.4 Å². The Morgan fingerprint density at radius 1 is 1.27 bits per heavy atom. The van der Waals surface area contributed by atoms with E-state index in [2.05, 4.69) is 0 Å². The second-order valence-electron chi connectivity index (χ2n) is 5.86. The highest BCUT2D eigenvalue weighted by atomic mass is 19.1. The van der Waals surface area contributed by atoms with Gasteiger partial charge in [0.1, 0.15) is 11.6 Å². The van der Waals surface area contributed by atoms with Crippen molar-refractivity contribution in [3.63, 3.8) is 0 Å². The van der Waals surface area contributed by atoms with Gasteiger partial charge in [-0.1, -0.05) is 6.07 Å². The van der Waals surface area contributed by atoms with Crippen LogP contribution < -0.4 is 0 Å². The quantitative estimate of drug-likeness (QED) is 0.929. The van der Waals surface area contributed by atoms with Crippen LogP contribution in [0.5, 0.6) is 0 Å². The summed E-state index contributed by atoms with van der Waals surface area (Å²) in [4.78, 5) is 24.2. The lowest BCUT2D eigenvalue weighted by atomic mass is 10.1. The van der Waals surface area contributed by atoms with Crippen molar-refractivity contribution in [1.82, 2.24) is 4.90 Å². The zero-order valence-corrected chi connectivity index (χ0v) is 11.6. The Morgan fingerprint density at radius 3 is 2.45 bits per heavy atom. The number of carbonyl (C=O) groups excluding carboxylic acids is 1. The molecule has 22 heavy (non-hydrogen) atoms. The molecule has 1 aliphatic carbocycles. The third-order valence-electron chi connectivity index (χ3n) is 4.39. The highest BCUT2D eigenvalue weighted by molar-refractivity contribution is 5.86. The van der Waals surface area contributed by atoms with E-state index in [9.17, 15) is 22.8 Å². The molecule has 1 N–H and O–H groups in total. The van der Waals surface area contributed by atoms with Crippen LogP contribution in [0.4, 0.5) is 13.2 Å². The van der Waals surface area contributed by atoms with Gasteiger partial charge in [-0.05, 0) is 18.6 Å². The maximum absolute atomic E-state index is 14.0. The Morgan fingerprint density at radius 2 is 1.91 bits per heavy atom. The Labute approximate surface area is 124 Å². The first kappa shape index (κ1) is 14.9. The van der Waals surface area contributed by atoms with E-state index in [4.69, 9.17) is 5.11 Å². The smallest absolute Gasteiger partial charge is 0.343 e. The highest BCUT2D eigenvalue weighted by Gasteiger charge is 2.53. The van der Waals surface area contributed by atoms with Gasteiger partial charge in [-0.25, -0.2) is 18.0 Å². The van der Waals surface area contributed by atoms with Gasteiger partial charge in [-0.3, -0.25) is 4.79 Å². The minimum Gasteiger partial charge on any atom is -0.479 e. The number of hydrogen-bond acceptors (Lipinski definition) is 2. The fourth-order valence-electron chi connectivity index (χ4n) is 3.02. The van der Waals surface area contributed by atoms with Crippen LogP contribution in [-0.2, 0) is 9.59 Å². The molecule has 1 saturated carbocycles. The number of carbonyl (C=O) groups is 2. The number of rotatable bonds is 3. The molecule has 2 fully saturated rings. The van der Waals surface area contributed by atoms with Crippen LogP contribution in [0.25, 0.3) is 0 Å². The highest BCUT2D eigenvalue weighted by Crippen LogP contribution is 2.50. The van der Waals surface area contributed by atoms with Crippen LogP contribution in [0.3, 0.4) is 0 Å². The lowest BCUT2D eigenvalue weighted by molar-refractivity contribution is -0.150. The Hall–Kier alpha value is -2.05. The average Bonchev–Trinajstić information content (AvgIpc) is 3.12. The Kier molecular flexibility index (Phi) is 3.38. The second-order valence-corrected chi connectivity index (χ2v) is 5.86. The normalized spacial score (nSPS) is 30.4. The fourth-order valence-corrected chi connectivity index (χ4v) is 3.02. The molecule has 0 spiro atoms. The number of amides is 1. The molecule has 118 valence electrons. The van der Waals surface area contributed by atoms with E-state index in [0.717, 1.165) is 17.0 Å². The summed E-state index contributed by atoms with van der Waals surface area (Å²) in [5.74, 6) is -4.60. The van der Waals surface area contributed by atoms with E-state index in [-0.39, 0.29) is 18.5 Å². The van der Waals surface area contributed by atoms with Gasteiger partial charge in [0, 0.05) is 30.4 Å². The molecule has 2 aliphatic rings. The summed E-state index contributed by atoms with van der Waals surface area (Å²) in [6, 6.07) is 3.51. The molecule has 7 heteroatoms. The molecule has 1 aliphatic heterocycles. The van der Waals surface area contributed by atoms with Gasteiger partial charge in [0.25, 0.3) is 0 Å². The number of nitrogens with zero attached hydrogens (tertiary/aromatic N) is 1. The molecule has 4 nitrogen and oxygen atoms in total. The molecular formula is C15H14F3NO3. The molecule has 0 aromatic heterocycles. The fraction of sp³-hybridized carbons (Fsp3) is 0.467. The summed E-state index contributed by atoms with van der Waals surface area (Å²) < 4.78 is 41.3. The SMILES string of the molecule is O=C(C1CC1c1c(F)cccc1F)N1CCC(F)(C(=O)O)C1. The summed E-state index contributed by atoms with van der Waals surface area (Å²) in [7, 11) is 0. The first-order chi connectivity index (χ1) is 10.3. The summed E-state index contributed by atoms with van der Waals surface area (Å²) in [6.45, 7) is -0.505. The average molecular weight is 313 g/mol. The molecule has 1 aromatic rings. The van der Waals surface area contributed by atoms with Crippen molar-refractivity contribution >= 4 is 11.9 Å². The third-order valence-corrected chi connectivity index (χ3v) is 4.39. The zero-order chi connectivity index (χ0) is 16.1. The van der Waals surface area contributed by atoms with Gasteiger partial charge in [-0.15, -0.1) is 0 Å². The number of alkyl halides is 1. The third kappa shape index (κ3) is 2.34. The molecule has 1 amide bonds. The van der Waals surface area contributed by atoms with E-state index in [1.807, 2.05) is 0 Å². The van der Waals surface area contributed by atoms with Crippen LogP contribution >= 0.6 is 0 Å². The van der Waals surface area contributed by atoms with Crippen molar-refractivity contribution < 1.29 is 27.9 Å². The monoisotopic (exact) mass is 313 g/mol. The predicted octanol–water partition coefficient (Wildman–Crippen LogP) is 2.09. The molecule has 1 saturated heterocycles. The lowest BCUT2D eigenvalue weighted by Crippen LogP contribution is -2.39. The van der Waals surface area contributed by atoms with Gasteiger partial charge < -0.3 is 10.0 Å². The van der Waals surface area contributed by atoms with Crippen molar-refractivity contribution in [2.75, 3.05) is 13.1 Å². The van der Waals surface area contributed by atoms with Crippen molar-refractivity contribution in [3.8, 4) is 0 Å². The summed E-state index contributed by atoms with van der Waals surface area (Å²) in [5.41, 5.74) is -2.55. The first-order valence-electron chi connectivity index (χ1n) is 6.98. The maximum Gasteiger partial charge on any atom is 0.343 e. The number of aliphatic carboxylic acids is 1. The standard InChI is InChI=1S/C15H14F3NO3/c16-10-2-1-3-11(17)12(10)8-6-9(8)13(20)19-5-4-15(18,7-19)14(21)22/h1-3,8-9H,4-7H2,(H,21,22). The van der Waals surface area contributed by atoms with Crippen LogP contribution in [0.1, 0.15) is 24.3 Å². The Balaban J connectivity index is 1.71. The van der Waals surface area contributed by atoms with Crippen LogP contribution in [0, 0.1) is 17.6 Å². The number of hydrogen-bond donors (Lipinski definition) is 1. The van der Waals surface area contributed by atoms with E-state index in [0.29, 0.717) is 6.42 Å². The lowest BCUT2D eigenvalue weighted by Gasteiger charge is -2.18. The molecular weight excluding hydrogens is 299 g/mol. The number of halogens is 3. The maximum atomic E-state index is 14.0. The number of likely N-dealkylation sites (tertiary alicyclic amines) is 1. The Bertz CT molecular complexity index is 631. The molecule has 3 rings (SSSR count). The van der Waals surface area contributed by atoms with Gasteiger partial charge in [-0.2, -0.15) is 0 Å². The van der Waals surface area contributed by atoms with Gasteiger partial charge in [0.05, 0.1) is 6.54 Å². The summed E-state index contributed by atoms with van der Waals surface area (Å²) in [6.07, 6.45) is 0.0268. The molecule has 3 unspecified atom stereocenters. The second kappa shape index (κ2) is 5.00. The van der Waals surface area contributed by atoms with Crippen LogP contribution in [0.15, 0.2) is 18.2 Å². The topological polar surface area (TPSA) is 57.6 Å². The molecule has 3 atom stereocenters. The first-order valence-corrected chi connectivity index (χ1v) is 6.98. The molecule has 0 radical (unpaired) electrons. The number of carboxylic acid groups (broad SMARTS) is 1. The number of benzene rings is 1. The minimum atomic E-state index is -2.43. The van der Waals surface area contributed by atoms with Crippen molar-refractivity contribution in [3.05, 3.63) is 35.4 Å². The molecule has 0 bridgehead atoms. The van der Waals surface area contributed by atoms with Crippen LogP contribution in [0.2, 0.25) is 0 Å². The summed E-state index contributed by atoms with van der Waals surface area (Å²) >= 11 is 0. The van der Waals surface area contributed by atoms with E-state index < -0.39 is 47.6 Å². The van der Waals surface area contributed by atoms with Gasteiger partial charge in [0.2, 0.25) is 11.6 Å². The van der Waals surface area contributed by atoms with Crippen molar-refractivity contribution in [2.24, 2.45) is 5.92 Å². The number of carboxylic acids is 1. The van der Waals surface area contributed by atoms with E-state index in [1.165, 1.54) is 6.07 Å². The molecule has 1 aromatic carbocycles. The minimum absolute atomic E-state index is 0.00457. The van der Waals surface area contributed by atoms with E-state index in [1.54, 1.807) is 0 Å².